The molecular weight excluding hydrogens is 278 g/mol. The van der Waals surface area contributed by atoms with E-state index in [2.05, 4.69) is 5.32 Å². The lowest BCUT2D eigenvalue weighted by Crippen LogP contribution is -2.39. The van der Waals surface area contributed by atoms with Crippen molar-refractivity contribution in [2.24, 2.45) is 5.92 Å². The minimum Gasteiger partial charge on any atom is -0.399 e. The molecular formula is C14H20ClN3O2. The average Bonchev–Trinajstić information content (AvgIpc) is 2.35. The molecule has 0 aromatic heterocycles. The average molecular weight is 298 g/mol. The molecule has 0 aliphatic heterocycles. The molecule has 2 amide bonds. The van der Waals surface area contributed by atoms with Gasteiger partial charge in [0.15, 0.2) is 0 Å². The summed E-state index contributed by atoms with van der Waals surface area (Å²) in [5, 5.41) is 3.04. The molecule has 20 heavy (non-hydrogen) atoms. The highest BCUT2D eigenvalue weighted by Crippen LogP contribution is 2.20. The van der Waals surface area contributed by atoms with E-state index >= 15 is 0 Å². The van der Waals surface area contributed by atoms with Crippen LogP contribution in [0.15, 0.2) is 18.2 Å². The summed E-state index contributed by atoms with van der Waals surface area (Å²) in [6, 6.07) is 4.68. The molecule has 0 atom stereocenters. The molecule has 6 heteroatoms. The summed E-state index contributed by atoms with van der Waals surface area (Å²) >= 11 is 5.98. The minimum absolute atomic E-state index is 0.00768. The van der Waals surface area contributed by atoms with Crippen molar-refractivity contribution >= 4 is 29.1 Å². The summed E-state index contributed by atoms with van der Waals surface area (Å²) < 4.78 is 0. The Hall–Kier alpha value is -1.75. The van der Waals surface area contributed by atoms with E-state index < -0.39 is 0 Å². The number of halogens is 1. The van der Waals surface area contributed by atoms with Crippen LogP contribution in [0.3, 0.4) is 0 Å². The van der Waals surface area contributed by atoms with Crippen LogP contribution in [-0.4, -0.2) is 36.9 Å². The Morgan fingerprint density at radius 2 is 2.05 bits per heavy atom. The molecule has 3 N–H and O–H groups in total. The first-order valence-corrected chi connectivity index (χ1v) is 6.76. The Kier molecular flexibility index (Phi) is 5.82. The van der Waals surface area contributed by atoms with Crippen molar-refractivity contribution in [2.75, 3.05) is 25.9 Å². The van der Waals surface area contributed by atoms with E-state index in [1.54, 1.807) is 19.2 Å². The second-order valence-corrected chi connectivity index (χ2v) is 5.51. The Morgan fingerprint density at radius 1 is 1.40 bits per heavy atom. The van der Waals surface area contributed by atoms with Crippen LogP contribution in [0.1, 0.15) is 24.2 Å². The van der Waals surface area contributed by atoms with E-state index in [1.165, 1.54) is 11.0 Å². The third kappa shape index (κ3) is 4.74. The lowest BCUT2D eigenvalue weighted by Gasteiger charge is -2.18. The third-order valence-corrected chi connectivity index (χ3v) is 2.97. The zero-order valence-electron chi connectivity index (χ0n) is 11.9. The largest absolute Gasteiger partial charge is 0.399 e. The van der Waals surface area contributed by atoms with Crippen LogP contribution in [0.2, 0.25) is 5.02 Å². The summed E-state index contributed by atoms with van der Waals surface area (Å²) in [7, 11) is 1.56. The number of nitrogens with two attached hydrogens (primary N) is 1. The predicted octanol–water partition coefficient (Wildman–Crippen LogP) is 1.77. The molecule has 0 bridgehead atoms. The monoisotopic (exact) mass is 297 g/mol. The van der Waals surface area contributed by atoms with Gasteiger partial charge in [-0.05, 0) is 24.1 Å². The number of carbonyl (C=O) groups is 2. The number of nitrogen functional groups attached to an aromatic ring is 1. The van der Waals surface area contributed by atoms with Crippen molar-refractivity contribution in [3.63, 3.8) is 0 Å². The van der Waals surface area contributed by atoms with Gasteiger partial charge in [0.25, 0.3) is 5.91 Å². The van der Waals surface area contributed by atoms with Crippen LogP contribution in [0.25, 0.3) is 0 Å². The van der Waals surface area contributed by atoms with Gasteiger partial charge >= 0.3 is 0 Å². The molecule has 0 aliphatic carbocycles. The second kappa shape index (κ2) is 7.14. The number of nitrogens with one attached hydrogen (secondary N) is 1. The fraction of sp³-hybridized carbons (Fsp3) is 0.429. The van der Waals surface area contributed by atoms with Gasteiger partial charge in [-0.25, -0.2) is 0 Å². The van der Waals surface area contributed by atoms with Gasteiger partial charge in [-0.15, -0.1) is 0 Å². The third-order valence-electron chi connectivity index (χ3n) is 2.66. The number of benzene rings is 1. The number of carbonyl (C=O) groups excluding carboxylic acids is 2. The first-order chi connectivity index (χ1) is 9.31. The van der Waals surface area contributed by atoms with Gasteiger partial charge in [-0.2, -0.15) is 0 Å². The quantitative estimate of drug-likeness (QED) is 0.813. The van der Waals surface area contributed by atoms with Crippen LogP contribution in [-0.2, 0) is 4.79 Å². The van der Waals surface area contributed by atoms with E-state index in [0.717, 1.165) is 0 Å². The van der Waals surface area contributed by atoms with Crippen LogP contribution in [0.5, 0.6) is 0 Å². The zero-order valence-corrected chi connectivity index (χ0v) is 12.7. The normalized spacial score (nSPS) is 10.4. The first-order valence-electron chi connectivity index (χ1n) is 6.38. The molecule has 0 heterocycles. The van der Waals surface area contributed by atoms with Crippen molar-refractivity contribution in [1.29, 1.82) is 0 Å². The molecule has 0 aliphatic rings. The molecule has 0 saturated carbocycles. The fourth-order valence-electron chi connectivity index (χ4n) is 1.57. The van der Waals surface area contributed by atoms with E-state index in [9.17, 15) is 9.59 Å². The number of amides is 2. The maximum atomic E-state index is 12.2. The van der Waals surface area contributed by atoms with E-state index in [4.69, 9.17) is 17.3 Å². The van der Waals surface area contributed by atoms with E-state index in [-0.39, 0.29) is 23.4 Å². The van der Waals surface area contributed by atoms with Crippen LogP contribution >= 0.6 is 11.6 Å². The van der Waals surface area contributed by atoms with Gasteiger partial charge in [0.05, 0.1) is 17.1 Å². The van der Waals surface area contributed by atoms with Crippen molar-refractivity contribution in [3.05, 3.63) is 28.8 Å². The molecule has 0 spiro atoms. The van der Waals surface area contributed by atoms with Crippen LogP contribution in [0.4, 0.5) is 5.69 Å². The molecule has 1 aromatic rings. The lowest BCUT2D eigenvalue weighted by molar-refractivity contribution is -0.121. The SMILES string of the molecule is CC(C)CNC(=O)CN(C)C(=O)c1ccc(N)cc1Cl. The van der Waals surface area contributed by atoms with Crippen LogP contribution < -0.4 is 11.1 Å². The highest BCUT2D eigenvalue weighted by molar-refractivity contribution is 6.34. The van der Waals surface area contributed by atoms with Gasteiger partial charge in [-0.1, -0.05) is 25.4 Å². The summed E-state index contributed by atoms with van der Waals surface area (Å²) in [5.74, 6) is -0.137. The van der Waals surface area contributed by atoms with Crippen LogP contribution in [0, 0.1) is 5.92 Å². The topological polar surface area (TPSA) is 75.4 Å². The molecule has 5 nitrogen and oxygen atoms in total. The molecule has 110 valence electrons. The standard InChI is InChI=1S/C14H20ClN3O2/c1-9(2)7-17-13(19)8-18(3)14(20)11-5-4-10(16)6-12(11)15/h4-6,9H,7-8,16H2,1-3H3,(H,17,19). The van der Waals surface area contributed by atoms with Crippen molar-refractivity contribution in [1.82, 2.24) is 10.2 Å². The minimum atomic E-state index is -0.310. The predicted molar refractivity (Wildman–Crippen MR) is 80.7 cm³/mol. The van der Waals surface area contributed by atoms with Gasteiger partial charge in [0.1, 0.15) is 0 Å². The number of nitrogens with zero attached hydrogens (tertiary/aromatic N) is 1. The first kappa shape index (κ1) is 16.3. The number of anilines is 1. The fourth-order valence-corrected chi connectivity index (χ4v) is 1.84. The Labute approximate surface area is 124 Å². The zero-order chi connectivity index (χ0) is 15.3. The highest BCUT2D eigenvalue weighted by atomic mass is 35.5. The van der Waals surface area contributed by atoms with Gasteiger partial charge in [0, 0.05) is 19.3 Å². The number of likely N-dealkylation sites (N-methyl/N-ethyl adjacent to an activating group) is 1. The van der Waals surface area contributed by atoms with E-state index in [0.29, 0.717) is 23.7 Å². The highest BCUT2D eigenvalue weighted by Gasteiger charge is 2.17. The van der Waals surface area contributed by atoms with Gasteiger partial charge < -0.3 is 16.0 Å². The smallest absolute Gasteiger partial charge is 0.255 e. The van der Waals surface area contributed by atoms with Crippen molar-refractivity contribution in [2.45, 2.75) is 13.8 Å². The van der Waals surface area contributed by atoms with Crippen molar-refractivity contribution < 1.29 is 9.59 Å². The maximum absolute atomic E-state index is 12.2. The van der Waals surface area contributed by atoms with Crippen molar-refractivity contribution in [3.8, 4) is 0 Å². The summed E-state index contributed by atoms with van der Waals surface area (Å²) in [6.07, 6.45) is 0. The summed E-state index contributed by atoms with van der Waals surface area (Å²) in [6.45, 7) is 4.59. The lowest BCUT2D eigenvalue weighted by atomic mass is 10.2. The Balaban J connectivity index is 2.65. The van der Waals surface area contributed by atoms with Gasteiger partial charge in [0.2, 0.25) is 5.91 Å². The summed E-state index contributed by atoms with van der Waals surface area (Å²) in [4.78, 5) is 25.2. The van der Waals surface area contributed by atoms with E-state index in [1.807, 2.05) is 13.8 Å². The summed E-state index contributed by atoms with van der Waals surface area (Å²) in [5.41, 5.74) is 6.40. The van der Waals surface area contributed by atoms with Gasteiger partial charge in [-0.3, -0.25) is 9.59 Å². The second-order valence-electron chi connectivity index (χ2n) is 5.10. The molecule has 0 radical (unpaired) electrons. The number of rotatable bonds is 5. The number of hydrogen-bond donors (Lipinski definition) is 2. The Morgan fingerprint density at radius 3 is 2.60 bits per heavy atom. The Bertz CT molecular complexity index is 503. The molecule has 1 rings (SSSR count). The number of hydrogen-bond acceptors (Lipinski definition) is 3. The molecule has 0 fully saturated rings. The molecule has 0 saturated heterocycles. The maximum Gasteiger partial charge on any atom is 0.255 e. The molecule has 0 unspecified atom stereocenters. The molecule has 1 aromatic carbocycles.